The number of halogens is 2. The zero-order valence-electron chi connectivity index (χ0n) is 21.6. The summed E-state index contributed by atoms with van der Waals surface area (Å²) in [6, 6.07) is 13.6. The lowest BCUT2D eigenvalue weighted by molar-refractivity contribution is -0.121. The molecule has 1 saturated heterocycles. The maximum atomic E-state index is 13.6. The summed E-state index contributed by atoms with van der Waals surface area (Å²) in [6.07, 6.45) is 2.47. The highest BCUT2D eigenvalue weighted by molar-refractivity contribution is 6.31. The molecule has 0 radical (unpaired) electrons. The zero-order valence-corrected chi connectivity index (χ0v) is 22.4. The molecule has 2 aromatic carbocycles. The number of carbonyl (C=O) groups is 2. The topological polar surface area (TPSA) is 105 Å². The molecule has 0 unspecified atom stereocenters. The van der Waals surface area contributed by atoms with Crippen LogP contribution in [0.15, 0.2) is 54.7 Å². The van der Waals surface area contributed by atoms with Gasteiger partial charge in [-0.1, -0.05) is 48.0 Å². The minimum Gasteiger partial charge on any atom is -0.447 e. The van der Waals surface area contributed by atoms with E-state index in [1.54, 1.807) is 24.4 Å². The average Bonchev–Trinajstić information content (AvgIpc) is 2.94. The summed E-state index contributed by atoms with van der Waals surface area (Å²) < 4.78 is 24.5. The van der Waals surface area contributed by atoms with Crippen molar-refractivity contribution in [3.63, 3.8) is 0 Å². The molecule has 9 nitrogen and oxygen atoms in total. The lowest BCUT2D eigenvalue weighted by Gasteiger charge is -2.27. The third kappa shape index (κ3) is 9.14. The van der Waals surface area contributed by atoms with Crippen molar-refractivity contribution in [2.24, 2.45) is 0 Å². The summed E-state index contributed by atoms with van der Waals surface area (Å²) in [5, 5.41) is 10.5. The summed E-state index contributed by atoms with van der Waals surface area (Å²) in [5.74, 6) is -0.388. The Morgan fingerprint density at radius 1 is 1.13 bits per heavy atom. The van der Waals surface area contributed by atoms with E-state index in [-0.39, 0.29) is 36.7 Å². The molecule has 1 fully saturated rings. The minimum absolute atomic E-state index is 0.0000120. The molecule has 208 valence electrons. The fraction of sp³-hybridized carbons (Fsp3) is 0.393. The van der Waals surface area contributed by atoms with Gasteiger partial charge in [-0.05, 0) is 42.5 Å². The number of fused-ring (bicyclic) bond motifs is 1. The Bertz CT molecular complexity index is 1260. The van der Waals surface area contributed by atoms with Gasteiger partial charge in [0, 0.05) is 31.2 Å². The van der Waals surface area contributed by atoms with Crippen LogP contribution in [-0.4, -0.2) is 73.9 Å². The van der Waals surface area contributed by atoms with Gasteiger partial charge in [0.2, 0.25) is 5.91 Å². The summed E-state index contributed by atoms with van der Waals surface area (Å²) >= 11 is 5.99. The quantitative estimate of drug-likeness (QED) is 0.309. The predicted molar refractivity (Wildman–Crippen MR) is 148 cm³/mol. The standard InChI is InChI=1S/C28H33ClFN5O4/c29-27-22(7-3-9-24(27)30)16-31-18-26(36)33-23(8-4-10-35-11-13-38-14-12-35)19-39-28(37)34-25-15-20-5-1-2-6-21(20)17-32-25/h1-3,5-7,9,15,17,23,31H,4,8,10-14,16,18-19H2,(H,33,36)(H,32,34,37)/t23-/m0/s1. The molecule has 3 N–H and O–H groups in total. The molecule has 1 aliphatic heterocycles. The first-order valence-corrected chi connectivity index (χ1v) is 13.4. The van der Waals surface area contributed by atoms with Gasteiger partial charge < -0.3 is 20.1 Å². The summed E-state index contributed by atoms with van der Waals surface area (Å²) in [6.45, 7) is 4.29. The second-order valence-corrected chi connectivity index (χ2v) is 9.70. The molecule has 1 aromatic heterocycles. The molecule has 1 atom stereocenters. The lowest BCUT2D eigenvalue weighted by Crippen LogP contribution is -2.44. The normalized spacial score (nSPS) is 14.6. The number of nitrogens with zero attached hydrogens (tertiary/aromatic N) is 2. The molecule has 0 aliphatic carbocycles. The second kappa shape index (κ2) is 14.7. The van der Waals surface area contributed by atoms with E-state index in [4.69, 9.17) is 21.1 Å². The van der Waals surface area contributed by atoms with Crippen molar-refractivity contribution in [1.82, 2.24) is 20.5 Å². The molecule has 0 bridgehead atoms. The van der Waals surface area contributed by atoms with Crippen LogP contribution >= 0.6 is 11.6 Å². The molecule has 2 heterocycles. The van der Waals surface area contributed by atoms with Crippen molar-refractivity contribution < 1.29 is 23.5 Å². The van der Waals surface area contributed by atoms with Crippen molar-refractivity contribution in [3.8, 4) is 0 Å². The van der Waals surface area contributed by atoms with E-state index >= 15 is 0 Å². The van der Waals surface area contributed by atoms with E-state index in [0.717, 1.165) is 36.8 Å². The van der Waals surface area contributed by atoms with Crippen LogP contribution < -0.4 is 16.0 Å². The van der Waals surface area contributed by atoms with E-state index in [1.165, 1.54) is 6.07 Å². The maximum absolute atomic E-state index is 13.6. The smallest absolute Gasteiger partial charge is 0.412 e. The van der Waals surface area contributed by atoms with Crippen LogP contribution in [-0.2, 0) is 20.8 Å². The molecular formula is C28H33ClFN5O4. The Kier molecular flexibility index (Phi) is 10.8. The number of ether oxygens (including phenoxy) is 2. The van der Waals surface area contributed by atoms with Crippen LogP contribution in [0.3, 0.4) is 0 Å². The number of nitrogens with one attached hydrogen (secondary N) is 3. The first kappa shape index (κ1) is 28.7. The monoisotopic (exact) mass is 557 g/mol. The van der Waals surface area contributed by atoms with Crippen LogP contribution in [0.1, 0.15) is 18.4 Å². The van der Waals surface area contributed by atoms with E-state index < -0.39 is 11.9 Å². The van der Waals surface area contributed by atoms with E-state index in [9.17, 15) is 14.0 Å². The van der Waals surface area contributed by atoms with Gasteiger partial charge in [0.15, 0.2) is 0 Å². The number of pyridine rings is 1. The number of hydrogen-bond donors (Lipinski definition) is 3. The van der Waals surface area contributed by atoms with Gasteiger partial charge >= 0.3 is 6.09 Å². The van der Waals surface area contributed by atoms with Gasteiger partial charge in [-0.3, -0.25) is 15.0 Å². The number of carbonyl (C=O) groups excluding carboxylic acids is 2. The highest BCUT2D eigenvalue weighted by Crippen LogP contribution is 2.19. The molecule has 3 aromatic rings. The highest BCUT2D eigenvalue weighted by atomic mass is 35.5. The first-order valence-electron chi connectivity index (χ1n) is 13.0. The van der Waals surface area contributed by atoms with Crippen LogP contribution in [0.2, 0.25) is 5.02 Å². The number of hydrogen-bond acceptors (Lipinski definition) is 7. The number of benzene rings is 2. The van der Waals surface area contributed by atoms with Crippen LogP contribution in [0, 0.1) is 5.82 Å². The first-order chi connectivity index (χ1) is 19.0. The Balaban J connectivity index is 1.27. The van der Waals surface area contributed by atoms with Crippen molar-refractivity contribution in [2.75, 3.05) is 51.3 Å². The zero-order chi connectivity index (χ0) is 27.5. The summed E-state index contributed by atoms with van der Waals surface area (Å²) in [7, 11) is 0. The highest BCUT2D eigenvalue weighted by Gasteiger charge is 2.17. The fourth-order valence-corrected chi connectivity index (χ4v) is 4.52. The molecule has 4 rings (SSSR count). The number of rotatable bonds is 12. The van der Waals surface area contributed by atoms with Gasteiger partial charge in [-0.25, -0.2) is 14.2 Å². The predicted octanol–water partition coefficient (Wildman–Crippen LogP) is 3.96. The van der Waals surface area contributed by atoms with Gasteiger partial charge in [-0.15, -0.1) is 0 Å². The lowest BCUT2D eigenvalue weighted by atomic mass is 10.1. The van der Waals surface area contributed by atoms with Gasteiger partial charge in [-0.2, -0.15) is 0 Å². The SMILES string of the molecule is O=C(CNCc1cccc(F)c1Cl)N[C@@H](CCCN1CCOCC1)COC(=O)Nc1cc2ccccc2cn1. The number of amides is 2. The summed E-state index contributed by atoms with van der Waals surface area (Å²) in [5.41, 5.74) is 0.564. The third-order valence-electron chi connectivity index (χ3n) is 6.41. The van der Waals surface area contributed by atoms with Crippen LogP contribution in [0.5, 0.6) is 0 Å². The van der Waals surface area contributed by atoms with E-state index in [0.29, 0.717) is 31.0 Å². The van der Waals surface area contributed by atoms with Crippen molar-refractivity contribution in [1.29, 1.82) is 0 Å². The molecule has 2 amide bonds. The second-order valence-electron chi connectivity index (χ2n) is 9.32. The maximum Gasteiger partial charge on any atom is 0.412 e. The van der Waals surface area contributed by atoms with Crippen molar-refractivity contribution in [2.45, 2.75) is 25.4 Å². The van der Waals surface area contributed by atoms with E-state index in [2.05, 4.69) is 25.8 Å². The Labute approximate surface area is 232 Å². The Hall–Kier alpha value is -3.31. The van der Waals surface area contributed by atoms with E-state index in [1.807, 2.05) is 24.3 Å². The molecule has 11 heteroatoms. The minimum atomic E-state index is -0.649. The van der Waals surface area contributed by atoms with Crippen LogP contribution in [0.25, 0.3) is 10.8 Å². The number of aromatic nitrogens is 1. The largest absolute Gasteiger partial charge is 0.447 e. The van der Waals surface area contributed by atoms with Crippen molar-refractivity contribution in [3.05, 3.63) is 71.1 Å². The van der Waals surface area contributed by atoms with Gasteiger partial charge in [0.1, 0.15) is 18.2 Å². The average molecular weight is 558 g/mol. The van der Waals surface area contributed by atoms with Gasteiger partial charge in [0.05, 0.1) is 30.8 Å². The third-order valence-corrected chi connectivity index (χ3v) is 6.83. The fourth-order valence-electron chi connectivity index (χ4n) is 4.33. The number of anilines is 1. The molecule has 0 spiro atoms. The Morgan fingerprint density at radius 2 is 1.92 bits per heavy atom. The molecule has 39 heavy (non-hydrogen) atoms. The number of morpholine rings is 1. The Morgan fingerprint density at radius 3 is 2.74 bits per heavy atom. The molecule has 0 saturated carbocycles. The van der Waals surface area contributed by atoms with Crippen molar-refractivity contribution >= 4 is 40.2 Å². The van der Waals surface area contributed by atoms with Gasteiger partial charge in [0.25, 0.3) is 0 Å². The van der Waals surface area contributed by atoms with Crippen LogP contribution in [0.4, 0.5) is 15.0 Å². The molecular weight excluding hydrogens is 525 g/mol. The molecule has 1 aliphatic rings. The summed E-state index contributed by atoms with van der Waals surface area (Å²) in [4.78, 5) is 31.7.